The molecule has 1 aromatic rings. The Morgan fingerprint density at radius 1 is 1.57 bits per heavy atom. The minimum Gasteiger partial charge on any atom is -0.368 e. The van der Waals surface area contributed by atoms with Crippen molar-refractivity contribution >= 4 is 33.3 Å². The molecular weight excluding hydrogens is 265 g/mol. The van der Waals surface area contributed by atoms with Crippen molar-refractivity contribution in [2.24, 2.45) is 5.41 Å². The SMILES string of the molecule is CC1(CNc2ncnc(Cl)c2Br)CC1. The van der Waals surface area contributed by atoms with Gasteiger partial charge in [-0.1, -0.05) is 18.5 Å². The Morgan fingerprint density at radius 2 is 2.29 bits per heavy atom. The summed E-state index contributed by atoms with van der Waals surface area (Å²) >= 11 is 9.19. The zero-order valence-corrected chi connectivity index (χ0v) is 10.2. The molecule has 1 N–H and O–H groups in total. The predicted octanol–water partition coefficient (Wildman–Crippen LogP) is 3.10. The van der Waals surface area contributed by atoms with E-state index in [9.17, 15) is 0 Å². The second-order valence-corrected chi connectivity index (χ2v) is 5.14. The lowest BCUT2D eigenvalue weighted by Crippen LogP contribution is -2.13. The van der Waals surface area contributed by atoms with Gasteiger partial charge in [-0.2, -0.15) is 0 Å². The second kappa shape index (κ2) is 3.66. The molecule has 14 heavy (non-hydrogen) atoms. The molecule has 1 saturated carbocycles. The van der Waals surface area contributed by atoms with Crippen LogP contribution in [-0.2, 0) is 0 Å². The van der Waals surface area contributed by atoms with E-state index >= 15 is 0 Å². The van der Waals surface area contributed by atoms with E-state index < -0.39 is 0 Å². The Bertz CT molecular complexity index is 352. The van der Waals surface area contributed by atoms with E-state index in [2.05, 4.69) is 38.1 Å². The molecule has 2 rings (SSSR count). The summed E-state index contributed by atoms with van der Waals surface area (Å²) in [4.78, 5) is 7.98. The van der Waals surface area contributed by atoms with Crippen molar-refractivity contribution in [3.63, 3.8) is 0 Å². The minimum absolute atomic E-state index is 0.448. The third-order valence-electron chi connectivity index (χ3n) is 2.53. The average molecular weight is 277 g/mol. The Labute approximate surface area is 96.4 Å². The summed E-state index contributed by atoms with van der Waals surface area (Å²) in [5, 5.41) is 3.72. The summed E-state index contributed by atoms with van der Waals surface area (Å²) in [6.07, 6.45) is 4.04. The summed E-state index contributed by atoms with van der Waals surface area (Å²) in [5.41, 5.74) is 0.455. The van der Waals surface area contributed by atoms with Crippen LogP contribution in [-0.4, -0.2) is 16.5 Å². The fourth-order valence-electron chi connectivity index (χ4n) is 1.16. The standard InChI is InChI=1S/C9H11BrClN3/c1-9(2-3-9)4-12-8-6(10)7(11)13-5-14-8/h5H,2-4H2,1H3,(H,12,13,14). The van der Waals surface area contributed by atoms with Crippen LogP contribution >= 0.6 is 27.5 Å². The van der Waals surface area contributed by atoms with Crippen LogP contribution in [0.25, 0.3) is 0 Å². The topological polar surface area (TPSA) is 37.8 Å². The molecule has 0 aromatic carbocycles. The van der Waals surface area contributed by atoms with Gasteiger partial charge in [-0.15, -0.1) is 0 Å². The Balaban J connectivity index is 2.05. The molecule has 0 bridgehead atoms. The number of nitrogens with one attached hydrogen (secondary N) is 1. The van der Waals surface area contributed by atoms with Crippen LogP contribution in [0, 0.1) is 5.41 Å². The highest BCUT2D eigenvalue weighted by Gasteiger charge is 2.36. The highest BCUT2D eigenvalue weighted by Crippen LogP contribution is 2.45. The van der Waals surface area contributed by atoms with Gasteiger partial charge in [-0.25, -0.2) is 9.97 Å². The number of hydrogen-bond acceptors (Lipinski definition) is 3. The smallest absolute Gasteiger partial charge is 0.148 e. The average Bonchev–Trinajstić information content (AvgIpc) is 2.88. The first kappa shape index (κ1) is 10.2. The van der Waals surface area contributed by atoms with Crippen LogP contribution in [0.4, 0.5) is 5.82 Å². The zero-order chi connectivity index (χ0) is 10.2. The minimum atomic E-state index is 0.448. The predicted molar refractivity (Wildman–Crippen MR) is 60.6 cm³/mol. The van der Waals surface area contributed by atoms with Crippen LogP contribution in [0.3, 0.4) is 0 Å². The fourth-order valence-corrected chi connectivity index (χ4v) is 1.64. The molecule has 1 aliphatic carbocycles. The largest absolute Gasteiger partial charge is 0.368 e. The maximum atomic E-state index is 5.84. The van der Waals surface area contributed by atoms with Gasteiger partial charge in [0.15, 0.2) is 0 Å². The van der Waals surface area contributed by atoms with E-state index in [-0.39, 0.29) is 0 Å². The maximum absolute atomic E-state index is 5.84. The number of hydrogen-bond donors (Lipinski definition) is 1. The monoisotopic (exact) mass is 275 g/mol. The van der Waals surface area contributed by atoms with Gasteiger partial charge in [0, 0.05) is 6.54 Å². The van der Waals surface area contributed by atoms with Gasteiger partial charge in [0.2, 0.25) is 0 Å². The van der Waals surface area contributed by atoms with E-state index in [4.69, 9.17) is 11.6 Å². The summed E-state index contributed by atoms with van der Waals surface area (Å²) in [7, 11) is 0. The quantitative estimate of drug-likeness (QED) is 0.862. The Morgan fingerprint density at radius 3 is 2.93 bits per heavy atom. The Hall–Kier alpha value is -0.350. The van der Waals surface area contributed by atoms with Crippen molar-refractivity contribution < 1.29 is 0 Å². The lowest BCUT2D eigenvalue weighted by molar-refractivity contribution is 0.609. The molecule has 0 spiro atoms. The van der Waals surface area contributed by atoms with Crippen molar-refractivity contribution in [2.75, 3.05) is 11.9 Å². The number of nitrogens with zero attached hydrogens (tertiary/aromatic N) is 2. The second-order valence-electron chi connectivity index (χ2n) is 3.99. The van der Waals surface area contributed by atoms with Crippen molar-refractivity contribution in [1.29, 1.82) is 0 Å². The van der Waals surface area contributed by atoms with Gasteiger partial charge < -0.3 is 5.32 Å². The van der Waals surface area contributed by atoms with E-state index in [1.54, 1.807) is 0 Å². The van der Waals surface area contributed by atoms with E-state index in [0.717, 1.165) is 16.8 Å². The summed E-state index contributed by atoms with van der Waals surface area (Å²) < 4.78 is 0.742. The van der Waals surface area contributed by atoms with Crippen LogP contribution in [0.5, 0.6) is 0 Å². The van der Waals surface area contributed by atoms with E-state index in [0.29, 0.717) is 10.6 Å². The maximum Gasteiger partial charge on any atom is 0.148 e. The zero-order valence-electron chi connectivity index (χ0n) is 7.85. The van der Waals surface area contributed by atoms with Crippen LogP contribution in [0.15, 0.2) is 10.8 Å². The molecule has 3 nitrogen and oxygen atoms in total. The van der Waals surface area contributed by atoms with Crippen LogP contribution in [0.2, 0.25) is 5.15 Å². The van der Waals surface area contributed by atoms with Crippen molar-refractivity contribution in [2.45, 2.75) is 19.8 Å². The Kier molecular flexibility index (Phi) is 2.66. The molecule has 1 aromatic heterocycles. The van der Waals surface area contributed by atoms with Gasteiger partial charge in [0.05, 0.1) is 4.47 Å². The molecule has 0 radical (unpaired) electrons. The van der Waals surface area contributed by atoms with Gasteiger partial charge >= 0.3 is 0 Å². The molecular formula is C9H11BrClN3. The molecule has 1 heterocycles. The van der Waals surface area contributed by atoms with Crippen LogP contribution in [0.1, 0.15) is 19.8 Å². The van der Waals surface area contributed by atoms with Gasteiger partial charge in [0.1, 0.15) is 17.3 Å². The van der Waals surface area contributed by atoms with Gasteiger partial charge in [-0.3, -0.25) is 0 Å². The molecule has 0 amide bonds. The molecule has 0 unspecified atom stereocenters. The van der Waals surface area contributed by atoms with Gasteiger partial charge in [-0.05, 0) is 34.2 Å². The molecule has 76 valence electrons. The van der Waals surface area contributed by atoms with Crippen molar-refractivity contribution in [1.82, 2.24) is 9.97 Å². The molecule has 0 saturated heterocycles. The van der Waals surface area contributed by atoms with Crippen LogP contribution < -0.4 is 5.32 Å². The lowest BCUT2D eigenvalue weighted by Gasteiger charge is -2.11. The lowest BCUT2D eigenvalue weighted by atomic mass is 10.1. The number of halogens is 2. The highest BCUT2D eigenvalue weighted by atomic mass is 79.9. The van der Waals surface area contributed by atoms with Crippen molar-refractivity contribution in [3.8, 4) is 0 Å². The first-order chi connectivity index (χ1) is 6.61. The molecule has 5 heteroatoms. The van der Waals surface area contributed by atoms with Gasteiger partial charge in [0.25, 0.3) is 0 Å². The third kappa shape index (κ3) is 2.17. The molecule has 1 fully saturated rings. The normalized spacial score (nSPS) is 17.9. The number of anilines is 1. The third-order valence-corrected chi connectivity index (χ3v) is 3.80. The summed E-state index contributed by atoms with van der Waals surface area (Å²) in [5.74, 6) is 0.776. The molecule has 1 aliphatic rings. The number of rotatable bonds is 3. The van der Waals surface area contributed by atoms with E-state index in [1.807, 2.05) is 0 Å². The highest BCUT2D eigenvalue weighted by molar-refractivity contribution is 9.10. The summed E-state index contributed by atoms with van der Waals surface area (Å²) in [6, 6.07) is 0. The fraction of sp³-hybridized carbons (Fsp3) is 0.556. The molecule has 0 aliphatic heterocycles. The van der Waals surface area contributed by atoms with Crippen molar-refractivity contribution in [3.05, 3.63) is 16.0 Å². The first-order valence-corrected chi connectivity index (χ1v) is 5.68. The first-order valence-electron chi connectivity index (χ1n) is 4.51. The number of aromatic nitrogens is 2. The van der Waals surface area contributed by atoms with E-state index in [1.165, 1.54) is 19.2 Å². The summed E-state index contributed by atoms with van der Waals surface area (Å²) in [6.45, 7) is 3.20. The molecule has 0 atom stereocenters.